The molecule has 0 N–H and O–H groups in total. The monoisotopic (exact) mass is 591 g/mol. The highest BCUT2D eigenvalue weighted by Crippen LogP contribution is 2.42. The van der Waals surface area contributed by atoms with E-state index in [2.05, 4.69) is 133 Å². The molecule has 9 rings (SSSR count). The van der Waals surface area contributed by atoms with Crippen LogP contribution in [0.2, 0.25) is 0 Å². The van der Waals surface area contributed by atoms with E-state index in [0.29, 0.717) is 17.5 Å². The summed E-state index contributed by atoms with van der Waals surface area (Å²) in [6, 6.07) is 53.3. The molecule has 0 amide bonds. The van der Waals surface area contributed by atoms with Crippen molar-refractivity contribution in [2.24, 2.45) is 0 Å². The molecule has 0 radical (unpaired) electrons. The van der Waals surface area contributed by atoms with Gasteiger partial charge in [0.05, 0.1) is 0 Å². The zero-order chi connectivity index (χ0) is 29.7. The van der Waals surface area contributed by atoms with E-state index in [1.165, 1.54) is 30.9 Å². The molecule has 0 saturated heterocycles. The van der Waals surface area contributed by atoms with Crippen molar-refractivity contribution >= 4 is 53.1 Å². The lowest BCUT2D eigenvalue weighted by Crippen LogP contribution is -2.02. The maximum absolute atomic E-state index is 5.32. The number of hydrogen-bond acceptors (Lipinski definition) is 4. The molecule has 0 spiro atoms. The van der Waals surface area contributed by atoms with Crippen molar-refractivity contribution in [1.82, 2.24) is 15.0 Å². The normalized spacial score (nSPS) is 11.6. The van der Waals surface area contributed by atoms with Gasteiger partial charge in [-0.1, -0.05) is 133 Å². The Balaban J connectivity index is 1.37. The van der Waals surface area contributed by atoms with Crippen LogP contribution in [0.25, 0.3) is 87.0 Å². The lowest BCUT2D eigenvalue weighted by molar-refractivity contribution is 1.08. The Bertz CT molecular complexity index is 2550. The Labute approximate surface area is 264 Å². The third kappa shape index (κ3) is 4.38. The lowest BCUT2D eigenvalue weighted by Gasteiger charge is -2.15. The molecular weight excluding hydrogens is 567 g/mol. The standard InChI is InChI=1S/C41H25N3S/c1-2-13-28(14-3-1)39-42-40(34-18-10-20-36-37(34)33-17-8-9-19-35(33)45-36)44-41(43-39)38-31-16-7-6-12-27(31)23-24-32(38)30-22-21-26-11-4-5-15-29(26)25-30/h1-25H. The van der Waals surface area contributed by atoms with Crippen molar-refractivity contribution in [2.45, 2.75) is 0 Å². The molecule has 210 valence electrons. The molecule has 0 unspecified atom stereocenters. The Kier molecular flexibility index (Phi) is 6.00. The van der Waals surface area contributed by atoms with Crippen LogP contribution in [0.1, 0.15) is 0 Å². The zero-order valence-corrected chi connectivity index (χ0v) is 25.0. The minimum absolute atomic E-state index is 0.657. The van der Waals surface area contributed by atoms with Crippen LogP contribution < -0.4 is 0 Å². The van der Waals surface area contributed by atoms with Gasteiger partial charge in [0.15, 0.2) is 17.5 Å². The maximum atomic E-state index is 5.32. The summed E-state index contributed by atoms with van der Waals surface area (Å²) in [6.07, 6.45) is 0. The van der Waals surface area contributed by atoms with E-state index in [9.17, 15) is 0 Å². The summed E-state index contributed by atoms with van der Waals surface area (Å²) in [5.41, 5.74) is 5.19. The summed E-state index contributed by atoms with van der Waals surface area (Å²) in [5, 5.41) is 7.07. The number of benzene rings is 7. The fourth-order valence-corrected chi connectivity index (χ4v) is 7.53. The molecule has 7 aromatic carbocycles. The molecule has 0 bridgehead atoms. The van der Waals surface area contributed by atoms with Crippen molar-refractivity contribution in [2.75, 3.05) is 0 Å². The van der Waals surface area contributed by atoms with Crippen molar-refractivity contribution < 1.29 is 0 Å². The highest BCUT2D eigenvalue weighted by Gasteiger charge is 2.20. The summed E-state index contributed by atoms with van der Waals surface area (Å²) < 4.78 is 2.48. The average Bonchev–Trinajstić information content (AvgIpc) is 3.50. The molecule has 9 aromatic rings. The molecule has 3 nitrogen and oxygen atoms in total. The van der Waals surface area contributed by atoms with Crippen LogP contribution in [0.4, 0.5) is 0 Å². The Morgan fingerprint density at radius 2 is 1.04 bits per heavy atom. The number of hydrogen-bond donors (Lipinski definition) is 0. The summed E-state index contributed by atoms with van der Waals surface area (Å²) in [6.45, 7) is 0. The van der Waals surface area contributed by atoms with Gasteiger partial charge in [0.25, 0.3) is 0 Å². The minimum Gasteiger partial charge on any atom is -0.208 e. The fraction of sp³-hybridized carbons (Fsp3) is 0. The molecule has 2 heterocycles. The molecular formula is C41H25N3S. The van der Waals surface area contributed by atoms with Crippen molar-refractivity contribution in [3.8, 4) is 45.3 Å². The molecule has 0 saturated carbocycles. The zero-order valence-electron chi connectivity index (χ0n) is 24.2. The fourth-order valence-electron chi connectivity index (χ4n) is 6.40. The van der Waals surface area contributed by atoms with Crippen molar-refractivity contribution in [3.05, 3.63) is 152 Å². The van der Waals surface area contributed by atoms with Crippen molar-refractivity contribution in [1.29, 1.82) is 0 Å². The van der Waals surface area contributed by atoms with Crippen LogP contribution in [-0.4, -0.2) is 15.0 Å². The third-order valence-corrected chi connectivity index (χ3v) is 9.66. The lowest BCUT2D eigenvalue weighted by atomic mass is 9.92. The van der Waals surface area contributed by atoms with E-state index in [1.54, 1.807) is 11.3 Å². The summed E-state index contributed by atoms with van der Waals surface area (Å²) in [4.78, 5) is 15.7. The predicted molar refractivity (Wildman–Crippen MR) is 189 cm³/mol. The summed E-state index contributed by atoms with van der Waals surface area (Å²) >= 11 is 1.80. The topological polar surface area (TPSA) is 38.7 Å². The van der Waals surface area contributed by atoms with E-state index in [0.717, 1.165) is 38.6 Å². The first kappa shape index (κ1) is 25.8. The average molecular weight is 592 g/mol. The molecule has 0 aliphatic rings. The van der Waals surface area contributed by atoms with E-state index >= 15 is 0 Å². The van der Waals surface area contributed by atoms with Crippen LogP contribution >= 0.6 is 11.3 Å². The first-order valence-electron chi connectivity index (χ1n) is 15.0. The van der Waals surface area contributed by atoms with Gasteiger partial charge in [-0.25, -0.2) is 15.0 Å². The van der Waals surface area contributed by atoms with Gasteiger partial charge in [0.2, 0.25) is 0 Å². The number of nitrogens with zero attached hydrogens (tertiary/aromatic N) is 3. The van der Waals surface area contributed by atoms with Gasteiger partial charge in [-0.15, -0.1) is 11.3 Å². The van der Waals surface area contributed by atoms with Crippen LogP contribution in [0.15, 0.2) is 152 Å². The molecule has 0 aliphatic heterocycles. The van der Waals surface area contributed by atoms with E-state index < -0.39 is 0 Å². The van der Waals surface area contributed by atoms with Gasteiger partial charge in [-0.2, -0.15) is 0 Å². The van der Waals surface area contributed by atoms with E-state index in [-0.39, 0.29) is 0 Å². The molecule has 0 fully saturated rings. The Hall–Kier alpha value is -5.71. The van der Waals surface area contributed by atoms with Crippen LogP contribution in [-0.2, 0) is 0 Å². The molecule has 2 aromatic heterocycles. The quantitative estimate of drug-likeness (QED) is 0.204. The maximum Gasteiger partial charge on any atom is 0.165 e. The second-order valence-corrected chi connectivity index (χ2v) is 12.3. The van der Waals surface area contributed by atoms with Crippen LogP contribution in [0.3, 0.4) is 0 Å². The number of rotatable bonds is 4. The molecule has 0 atom stereocenters. The van der Waals surface area contributed by atoms with Crippen molar-refractivity contribution in [3.63, 3.8) is 0 Å². The van der Waals surface area contributed by atoms with Gasteiger partial charge < -0.3 is 0 Å². The minimum atomic E-state index is 0.657. The largest absolute Gasteiger partial charge is 0.208 e. The third-order valence-electron chi connectivity index (χ3n) is 8.52. The first-order chi connectivity index (χ1) is 22.3. The summed E-state index contributed by atoms with van der Waals surface area (Å²) in [7, 11) is 0. The van der Waals surface area contributed by atoms with Gasteiger partial charge in [0, 0.05) is 36.9 Å². The molecule has 4 heteroatoms. The highest BCUT2D eigenvalue weighted by molar-refractivity contribution is 7.25. The molecule has 45 heavy (non-hydrogen) atoms. The highest BCUT2D eigenvalue weighted by atomic mass is 32.1. The Morgan fingerprint density at radius 1 is 0.378 bits per heavy atom. The number of aromatic nitrogens is 3. The number of thiophene rings is 1. The van der Waals surface area contributed by atoms with E-state index in [1.807, 2.05) is 18.2 Å². The van der Waals surface area contributed by atoms with Crippen LogP contribution in [0, 0.1) is 0 Å². The number of fused-ring (bicyclic) bond motifs is 5. The Morgan fingerprint density at radius 3 is 1.93 bits per heavy atom. The van der Waals surface area contributed by atoms with Crippen LogP contribution in [0.5, 0.6) is 0 Å². The van der Waals surface area contributed by atoms with Gasteiger partial charge >= 0.3 is 0 Å². The first-order valence-corrected chi connectivity index (χ1v) is 15.9. The smallest absolute Gasteiger partial charge is 0.165 e. The van der Waals surface area contributed by atoms with Gasteiger partial charge in [-0.05, 0) is 50.9 Å². The van der Waals surface area contributed by atoms with Gasteiger partial charge in [0.1, 0.15) is 0 Å². The second kappa shape index (κ2) is 10.5. The van der Waals surface area contributed by atoms with E-state index in [4.69, 9.17) is 15.0 Å². The summed E-state index contributed by atoms with van der Waals surface area (Å²) in [5.74, 6) is 1.99. The SMILES string of the molecule is c1ccc(-c2nc(-c3c(-c4ccc5ccccc5c4)ccc4ccccc34)nc(-c3cccc4sc5ccccc5c34)n2)cc1. The molecule has 0 aliphatic carbocycles. The second-order valence-electron chi connectivity index (χ2n) is 11.2. The van der Waals surface area contributed by atoms with Gasteiger partial charge in [-0.3, -0.25) is 0 Å². The predicted octanol–water partition coefficient (Wildman–Crippen LogP) is 11.2.